The molecule has 0 unspecified atom stereocenters. The molecular formula is C18H13ClN2OS3. The van der Waals surface area contributed by atoms with Crippen molar-refractivity contribution in [3.63, 3.8) is 0 Å². The summed E-state index contributed by atoms with van der Waals surface area (Å²) in [7, 11) is 0. The lowest BCUT2D eigenvalue weighted by atomic mass is 10.2. The number of thiophene rings is 2. The molecule has 126 valence electrons. The smallest absolute Gasteiger partial charge is 0.260 e. The highest BCUT2D eigenvalue weighted by molar-refractivity contribution is 7.99. The molecule has 1 N–H and O–H groups in total. The molecule has 0 fully saturated rings. The number of H-pyrrole nitrogens is 1. The zero-order chi connectivity index (χ0) is 17.4. The molecule has 1 atom stereocenters. The molecule has 3 aromatic heterocycles. The number of fused-ring (bicyclic) bond motifs is 1. The Morgan fingerprint density at radius 2 is 2.04 bits per heavy atom. The van der Waals surface area contributed by atoms with Gasteiger partial charge in [-0.1, -0.05) is 47.6 Å². The Bertz CT molecular complexity index is 1090. The summed E-state index contributed by atoms with van der Waals surface area (Å²) in [5, 5.41) is 6.11. The Hall–Kier alpha value is -1.60. The third kappa shape index (κ3) is 3.27. The first kappa shape index (κ1) is 16.8. The average molecular weight is 405 g/mol. The molecule has 0 aliphatic heterocycles. The van der Waals surface area contributed by atoms with Crippen LogP contribution in [0.15, 0.2) is 57.1 Å². The number of aromatic nitrogens is 2. The fourth-order valence-electron chi connectivity index (χ4n) is 2.63. The minimum atomic E-state index is -0.0940. The summed E-state index contributed by atoms with van der Waals surface area (Å²) in [5.41, 5.74) is 1.89. The molecule has 25 heavy (non-hydrogen) atoms. The number of aromatic amines is 1. The number of hydrogen-bond donors (Lipinski definition) is 1. The molecule has 3 heterocycles. The number of benzene rings is 1. The first-order valence-electron chi connectivity index (χ1n) is 7.60. The van der Waals surface area contributed by atoms with Crippen LogP contribution in [0.4, 0.5) is 0 Å². The van der Waals surface area contributed by atoms with Crippen molar-refractivity contribution in [2.75, 3.05) is 0 Å². The van der Waals surface area contributed by atoms with Gasteiger partial charge in [-0.2, -0.15) is 0 Å². The maximum atomic E-state index is 12.6. The molecule has 0 spiro atoms. The molecule has 7 heteroatoms. The van der Waals surface area contributed by atoms with Crippen LogP contribution in [0.1, 0.15) is 17.7 Å². The van der Waals surface area contributed by atoms with E-state index in [2.05, 4.69) is 16.9 Å². The van der Waals surface area contributed by atoms with Crippen LogP contribution in [0.3, 0.4) is 0 Å². The van der Waals surface area contributed by atoms with Crippen molar-refractivity contribution in [1.82, 2.24) is 9.97 Å². The minimum Gasteiger partial charge on any atom is -0.301 e. The summed E-state index contributed by atoms with van der Waals surface area (Å²) in [6.07, 6.45) is 0. The SMILES string of the molecule is C[C@@H](Sc1nc2scc(-c3cccs3)c2c(=O)[nH]1)c1ccccc1Cl. The predicted molar refractivity (Wildman–Crippen MR) is 109 cm³/mol. The monoisotopic (exact) mass is 404 g/mol. The van der Waals surface area contributed by atoms with E-state index >= 15 is 0 Å². The van der Waals surface area contributed by atoms with Gasteiger partial charge in [0, 0.05) is 26.1 Å². The lowest BCUT2D eigenvalue weighted by Gasteiger charge is -2.12. The fraction of sp³-hybridized carbons (Fsp3) is 0.111. The van der Waals surface area contributed by atoms with Crippen LogP contribution in [0, 0.1) is 0 Å². The molecule has 3 nitrogen and oxygen atoms in total. The van der Waals surface area contributed by atoms with E-state index in [0.717, 1.165) is 25.9 Å². The Kier molecular flexibility index (Phi) is 4.69. The summed E-state index contributed by atoms with van der Waals surface area (Å²) in [4.78, 5) is 22.1. The zero-order valence-corrected chi connectivity index (χ0v) is 16.4. The van der Waals surface area contributed by atoms with Crippen LogP contribution < -0.4 is 5.56 Å². The van der Waals surface area contributed by atoms with Crippen molar-refractivity contribution >= 4 is 56.3 Å². The highest BCUT2D eigenvalue weighted by atomic mass is 35.5. The van der Waals surface area contributed by atoms with E-state index in [1.165, 1.54) is 23.1 Å². The zero-order valence-electron chi connectivity index (χ0n) is 13.2. The molecule has 0 saturated carbocycles. The summed E-state index contributed by atoms with van der Waals surface area (Å²) < 4.78 is 0. The molecule has 0 saturated heterocycles. The first-order valence-corrected chi connectivity index (χ1v) is 10.6. The van der Waals surface area contributed by atoms with Crippen molar-refractivity contribution in [3.05, 3.63) is 68.1 Å². The number of hydrogen-bond acceptors (Lipinski definition) is 5. The van der Waals surface area contributed by atoms with E-state index in [1.54, 1.807) is 11.3 Å². The van der Waals surface area contributed by atoms with Crippen molar-refractivity contribution in [3.8, 4) is 10.4 Å². The minimum absolute atomic E-state index is 0.0889. The molecule has 1 aromatic carbocycles. The average Bonchev–Trinajstić information content (AvgIpc) is 3.24. The third-order valence-corrected chi connectivity index (χ3v) is 6.98. The summed E-state index contributed by atoms with van der Waals surface area (Å²) >= 11 is 10.9. The molecule has 0 aliphatic carbocycles. The van der Waals surface area contributed by atoms with Gasteiger partial charge >= 0.3 is 0 Å². The van der Waals surface area contributed by atoms with Crippen LogP contribution >= 0.6 is 46.0 Å². The van der Waals surface area contributed by atoms with Crippen molar-refractivity contribution in [2.24, 2.45) is 0 Å². The predicted octanol–water partition coefficient (Wildman–Crippen LogP) is 6.22. The summed E-state index contributed by atoms with van der Waals surface area (Å²) in [6.45, 7) is 2.06. The largest absolute Gasteiger partial charge is 0.301 e. The van der Waals surface area contributed by atoms with Crippen molar-refractivity contribution in [2.45, 2.75) is 17.3 Å². The van der Waals surface area contributed by atoms with Crippen LogP contribution in [0.5, 0.6) is 0 Å². The fourth-order valence-corrected chi connectivity index (χ4v) is 5.78. The van der Waals surface area contributed by atoms with Crippen molar-refractivity contribution < 1.29 is 0 Å². The quantitative estimate of drug-likeness (QED) is 0.324. The lowest BCUT2D eigenvalue weighted by Crippen LogP contribution is -2.09. The molecule has 0 amide bonds. The second-order valence-electron chi connectivity index (χ2n) is 5.46. The Morgan fingerprint density at radius 3 is 2.80 bits per heavy atom. The molecular weight excluding hydrogens is 392 g/mol. The van der Waals surface area contributed by atoms with Gasteiger partial charge < -0.3 is 4.98 Å². The molecule has 4 aromatic rings. The second kappa shape index (κ2) is 6.96. The van der Waals surface area contributed by atoms with Gasteiger partial charge in [-0.3, -0.25) is 4.79 Å². The van der Waals surface area contributed by atoms with E-state index < -0.39 is 0 Å². The maximum Gasteiger partial charge on any atom is 0.260 e. The number of nitrogens with one attached hydrogen (secondary N) is 1. The van der Waals surface area contributed by atoms with Gasteiger partial charge in [-0.05, 0) is 30.0 Å². The molecule has 0 radical (unpaired) electrons. The summed E-state index contributed by atoms with van der Waals surface area (Å²) in [6, 6.07) is 11.8. The molecule has 4 rings (SSSR count). The van der Waals surface area contributed by atoms with Crippen LogP contribution in [-0.2, 0) is 0 Å². The molecule has 0 aliphatic rings. The number of halogens is 1. The van der Waals surface area contributed by atoms with Gasteiger partial charge in [0.05, 0.1) is 5.39 Å². The Labute approximate surface area is 161 Å². The van der Waals surface area contributed by atoms with Crippen molar-refractivity contribution in [1.29, 1.82) is 0 Å². The van der Waals surface area contributed by atoms with Gasteiger partial charge in [-0.15, -0.1) is 22.7 Å². The van der Waals surface area contributed by atoms with Crippen LogP contribution in [0.25, 0.3) is 20.7 Å². The highest BCUT2D eigenvalue weighted by Gasteiger charge is 2.16. The molecule has 0 bridgehead atoms. The second-order valence-corrected chi connectivity index (χ2v) is 9.00. The standard InChI is InChI=1S/C18H13ClN2OS3/c1-10(11-5-2-3-6-13(11)19)25-18-20-16(22)15-12(9-24-17(15)21-18)14-7-4-8-23-14/h2-10H,1H3,(H,20,21,22)/t10-/m1/s1. The Balaban J connectivity index is 1.71. The van der Waals surface area contributed by atoms with E-state index in [4.69, 9.17) is 11.6 Å². The highest BCUT2D eigenvalue weighted by Crippen LogP contribution is 2.38. The van der Waals surface area contributed by atoms with Crippen LogP contribution in [-0.4, -0.2) is 9.97 Å². The van der Waals surface area contributed by atoms with Gasteiger partial charge in [-0.25, -0.2) is 4.98 Å². The van der Waals surface area contributed by atoms with Gasteiger partial charge in [0.15, 0.2) is 5.16 Å². The first-order chi connectivity index (χ1) is 12.1. The third-order valence-electron chi connectivity index (χ3n) is 3.84. The summed E-state index contributed by atoms with van der Waals surface area (Å²) in [5.74, 6) is 0. The van der Waals surface area contributed by atoms with Gasteiger partial charge in [0.2, 0.25) is 0 Å². The number of rotatable bonds is 4. The van der Waals surface area contributed by atoms with Gasteiger partial charge in [0.1, 0.15) is 4.83 Å². The van der Waals surface area contributed by atoms with E-state index in [-0.39, 0.29) is 10.8 Å². The van der Waals surface area contributed by atoms with E-state index in [0.29, 0.717) is 10.5 Å². The van der Waals surface area contributed by atoms with E-state index in [1.807, 2.05) is 47.2 Å². The Morgan fingerprint density at radius 1 is 1.20 bits per heavy atom. The maximum absolute atomic E-state index is 12.6. The normalized spacial score (nSPS) is 12.6. The topological polar surface area (TPSA) is 45.8 Å². The van der Waals surface area contributed by atoms with Crippen LogP contribution in [0.2, 0.25) is 5.02 Å². The number of thioether (sulfide) groups is 1. The number of nitrogens with zero attached hydrogens (tertiary/aromatic N) is 1. The van der Waals surface area contributed by atoms with Gasteiger partial charge in [0.25, 0.3) is 5.56 Å². The lowest BCUT2D eigenvalue weighted by molar-refractivity contribution is 0.964. The van der Waals surface area contributed by atoms with E-state index in [9.17, 15) is 4.79 Å².